The fourth-order valence-electron chi connectivity index (χ4n) is 4.36. The number of hydrogen-bond donors (Lipinski definition) is 1. The molecule has 1 atom stereocenters. The number of aromatic nitrogens is 2. The molecule has 3 fully saturated rings. The van der Waals surface area contributed by atoms with Crippen LogP contribution in [-0.2, 0) is 9.59 Å². The summed E-state index contributed by atoms with van der Waals surface area (Å²) in [6.45, 7) is 4.51. The predicted octanol–water partition coefficient (Wildman–Crippen LogP) is 1.61. The second kappa shape index (κ2) is 7.44. The van der Waals surface area contributed by atoms with Gasteiger partial charge in [0.1, 0.15) is 5.82 Å². The Morgan fingerprint density at radius 2 is 1.78 bits per heavy atom. The highest BCUT2D eigenvalue weighted by atomic mass is 16.2. The van der Waals surface area contributed by atoms with Crippen LogP contribution >= 0.6 is 0 Å². The molecule has 1 saturated carbocycles. The Morgan fingerprint density at radius 1 is 1.04 bits per heavy atom. The van der Waals surface area contributed by atoms with Gasteiger partial charge in [0, 0.05) is 56.9 Å². The molecule has 0 bridgehead atoms. The lowest BCUT2D eigenvalue weighted by Gasteiger charge is -2.33. The lowest BCUT2D eigenvalue weighted by atomic mass is 9.92. The van der Waals surface area contributed by atoms with E-state index < -0.39 is 0 Å². The number of likely N-dealkylation sites (tertiary alicyclic amines) is 2. The molecule has 1 aromatic heterocycles. The predicted molar refractivity (Wildman–Crippen MR) is 100 cm³/mol. The minimum absolute atomic E-state index is 0.0810. The van der Waals surface area contributed by atoms with Gasteiger partial charge in [-0.15, -0.1) is 0 Å². The molecular weight excluding hydrogens is 344 g/mol. The van der Waals surface area contributed by atoms with Crippen molar-refractivity contribution >= 4 is 11.8 Å². The van der Waals surface area contributed by atoms with Crippen LogP contribution in [0.1, 0.15) is 68.8 Å². The number of aromatic amines is 1. The molecule has 27 heavy (non-hydrogen) atoms. The number of amides is 2. The average molecular weight is 372 g/mol. The van der Waals surface area contributed by atoms with Gasteiger partial charge in [-0.3, -0.25) is 14.4 Å². The molecule has 3 aliphatic rings. The van der Waals surface area contributed by atoms with Crippen molar-refractivity contribution in [1.29, 1.82) is 0 Å². The molecule has 1 N–H and O–H groups in total. The maximum Gasteiger partial charge on any atom is 0.251 e. The smallest absolute Gasteiger partial charge is 0.251 e. The second-order valence-corrected chi connectivity index (χ2v) is 8.23. The highest BCUT2D eigenvalue weighted by molar-refractivity contribution is 5.81. The third kappa shape index (κ3) is 4.06. The van der Waals surface area contributed by atoms with Crippen LogP contribution in [-0.4, -0.2) is 57.8 Å². The average Bonchev–Trinajstić information content (AvgIpc) is 3.52. The number of carbonyl (C=O) groups is 2. The normalized spacial score (nSPS) is 24.1. The van der Waals surface area contributed by atoms with Gasteiger partial charge in [-0.25, -0.2) is 4.98 Å². The van der Waals surface area contributed by atoms with E-state index in [0.717, 1.165) is 69.7 Å². The first-order chi connectivity index (χ1) is 13.0. The molecule has 2 saturated heterocycles. The van der Waals surface area contributed by atoms with Crippen molar-refractivity contribution in [2.75, 3.05) is 26.2 Å². The van der Waals surface area contributed by atoms with Crippen molar-refractivity contribution in [3.63, 3.8) is 0 Å². The maximum absolute atomic E-state index is 12.2. The van der Waals surface area contributed by atoms with Gasteiger partial charge in [0.05, 0.1) is 5.69 Å². The molecule has 0 radical (unpaired) electrons. The zero-order valence-electron chi connectivity index (χ0n) is 15.9. The van der Waals surface area contributed by atoms with Gasteiger partial charge in [0.25, 0.3) is 5.56 Å². The number of nitrogens with one attached hydrogen (secondary N) is 1. The highest BCUT2D eigenvalue weighted by Gasteiger charge is 2.35. The molecule has 1 aliphatic carbocycles. The molecule has 0 spiro atoms. The topological polar surface area (TPSA) is 86.4 Å². The minimum Gasteiger partial charge on any atom is -0.342 e. The van der Waals surface area contributed by atoms with Crippen molar-refractivity contribution in [3.8, 4) is 0 Å². The van der Waals surface area contributed by atoms with Crippen molar-refractivity contribution in [2.45, 2.75) is 57.3 Å². The zero-order valence-corrected chi connectivity index (χ0v) is 15.9. The summed E-state index contributed by atoms with van der Waals surface area (Å²) in [5.41, 5.74) is 0.683. The van der Waals surface area contributed by atoms with E-state index in [4.69, 9.17) is 4.98 Å². The largest absolute Gasteiger partial charge is 0.342 e. The number of piperidine rings is 2. The Morgan fingerprint density at radius 3 is 2.44 bits per heavy atom. The summed E-state index contributed by atoms with van der Waals surface area (Å²) >= 11 is 0. The molecule has 2 amide bonds. The molecule has 2 aliphatic heterocycles. The standard InChI is InChI=1S/C20H28N4O3/c1-13(25)24-8-2-3-16(12-24)17-11-18(26)22-19(21-17)14-6-9-23(10-7-14)20(27)15-4-5-15/h11,14-16H,2-10,12H2,1H3,(H,21,22,26). The van der Waals surface area contributed by atoms with Crippen molar-refractivity contribution in [1.82, 2.24) is 19.8 Å². The van der Waals surface area contributed by atoms with Crippen LogP contribution in [0, 0.1) is 5.92 Å². The molecule has 1 unspecified atom stereocenters. The number of H-pyrrole nitrogens is 1. The molecular formula is C20H28N4O3. The van der Waals surface area contributed by atoms with Crippen molar-refractivity contribution in [3.05, 3.63) is 27.9 Å². The van der Waals surface area contributed by atoms with E-state index >= 15 is 0 Å². The Bertz CT molecular complexity index is 778. The third-order valence-corrected chi connectivity index (χ3v) is 6.18. The zero-order chi connectivity index (χ0) is 19.0. The summed E-state index contributed by atoms with van der Waals surface area (Å²) in [6.07, 6.45) is 5.65. The molecule has 3 heterocycles. The third-order valence-electron chi connectivity index (χ3n) is 6.18. The number of carbonyl (C=O) groups excluding carboxylic acids is 2. The summed E-state index contributed by atoms with van der Waals surface area (Å²) in [5.74, 6) is 1.70. The molecule has 7 heteroatoms. The quantitative estimate of drug-likeness (QED) is 0.873. The Hall–Kier alpha value is -2.18. The first kappa shape index (κ1) is 18.2. The van der Waals surface area contributed by atoms with Crippen LogP contribution in [0.15, 0.2) is 10.9 Å². The molecule has 1 aromatic rings. The highest BCUT2D eigenvalue weighted by Crippen LogP contribution is 2.34. The Labute approximate surface area is 159 Å². The van der Waals surface area contributed by atoms with Gasteiger partial charge in [-0.2, -0.15) is 0 Å². The molecule has 0 aromatic carbocycles. The van der Waals surface area contributed by atoms with Crippen LogP contribution < -0.4 is 5.56 Å². The molecule has 7 nitrogen and oxygen atoms in total. The van der Waals surface area contributed by atoms with Gasteiger partial charge < -0.3 is 14.8 Å². The maximum atomic E-state index is 12.2. The minimum atomic E-state index is -0.119. The van der Waals surface area contributed by atoms with Crippen LogP contribution in [0.3, 0.4) is 0 Å². The van der Waals surface area contributed by atoms with Crippen LogP contribution in [0.2, 0.25) is 0 Å². The van der Waals surface area contributed by atoms with E-state index in [2.05, 4.69) is 4.98 Å². The summed E-state index contributed by atoms with van der Waals surface area (Å²) in [6, 6.07) is 1.59. The first-order valence-corrected chi connectivity index (χ1v) is 10.2. The van der Waals surface area contributed by atoms with E-state index in [1.54, 1.807) is 13.0 Å². The van der Waals surface area contributed by atoms with E-state index in [9.17, 15) is 14.4 Å². The number of nitrogens with zero attached hydrogens (tertiary/aromatic N) is 3. The summed E-state index contributed by atoms with van der Waals surface area (Å²) in [5, 5.41) is 0. The SMILES string of the molecule is CC(=O)N1CCCC(c2cc(=O)[nH]c(C3CCN(C(=O)C4CC4)CC3)n2)C1. The molecule has 146 valence electrons. The summed E-state index contributed by atoms with van der Waals surface area (Å²) in [4.78, 5) is 47.7. The van der Waals surface area contributed by atoms with Gasteiger partial charge in [0.15, 0.2) is 0 Å². The first-order valence-electron chi connectivity index (χ1n) is 10.2. The Kier molecular flexibility index (Phi) is 5.02. The van der Waals surface area contributed by atoms with Gasteiger partial charge in [-0.1, -0.05) is 0 Å². The summed E-state index contributed by atoms with van der Waals surface area (Å²) in [7, 11) is 0. The van der Waals surface area contributed by atoms with E-state index in [0.29, 0.717) is 12.5 Å². The lowest BCUT2D eigenvalue weighted by molar-refractivity contribution is -0.133. The van der Waals surface area contributed by atoms with Gasteiger partial charge in [-0.05, 0) is 38.5 Å². The van der Waals surface area contributed by atoms with Crippen LogP contribution in [0.5, 0.6) is 0 Å². The van der Waals surface area contributed by atoms with E-state index in [1.165, 1.54) is 0 Å². The molecule has 4 rings (SSSR count). The lowest BCUT2D eigenvalue weighted by Crippen LogP contribution is -2.40. The van der Waals surface area contributed by atoms with Gasteiger partial charge in [0.2, 0.25) is 11.8 Å². The monoisotopic (exact) mass is 372 g/mol. The van der Waals surface area contributed by atoms with E-state index in [1.807, 2.05) is 9.80 Å². The van der Waals surface area contributed by atoms with Crippen molar-refractivity contribution < 1.29 is 9.59 Å². The van der Waals surface area contributed by atoms with Crippen LogP contribution in [0.4, 0.5) is 0 Å². The van der Waals surface area contributed by atoms with Gasteiger partial charge >= 0.3 is 0 Å². The second-order valence-electron chi connectivity index (χ2n) is 8.23. The Balaban J connectivity index is 1.45. The van der Waals surface area contributed by atoms with Crippen molar-refractivity contribution in [2.24, 2.45) is 5.92 Å². The number of hydrogen-bond acceptors (Lipinski definition) is 4. The van der Waals surface area contributed by atoms with E-state index in [-0.39, 0.29) is 29.2 Å². The van der Waals surface area contributed by atoms with Crippen LogP contribution in [0.25, 0.3) is 0 Å². The number of rotatable bonds is 3. The fraction of sp³-hybridized carbons (Fsp3) is 0.700. The summed E-state index contributed by atoms with van der Waals surface area (Å²) < 4.78 is 0. The fourth-order valence-corrected chi connectivity index (χ4v) is 4.36.